The Hall–Kier alpha value is -0.570. The van der Waals surface area contributed by atoms with Crippen LogP contribution >= 0.6 is 0 Å². The van der Waals surface area contributed by atoms with Gasteiger partial charge in [0, 0.05) is 12.1 Å². The van der Waals surface area contributed by atoms with Gasteiger partial charge >= 0.3 is 5.97 Å². The van der Waals surface area contributed by atoms with Crippen LogP contribution in [0.1, 0.15) is 40.5 Å². The first kappa shape index (κ1) is 13.4. The van der Waals surface area contributed by atoms with Crippen LogP contribution in [0.3, 0.4) is 0 Å². The molecule has 0 rings (SSSR count). The van der Waals surface area contributed by atoms with Crippen molar-refractivity contribution in [1.29, 1.82) is 0 Å². The monoisotopic (exact) mass is 201 g/mol. The van der Waals surface area contributed by atoms with E-state index in [1.807, 2.05) is 6.92 Å². The van der Waals surface area contributed by atoms with Gasteiger partial charge in [-0.05, 0) is 19.8 Å². The number of nitrogens with one attached hydrogen (secondary N) is 1. The Morgan fingerprint density at radius 3 is 2.29 bits per heavy atom. The Morgan fingerprint density at radius 1 is 1.43 bits per heavy atom. The predicted octanol–water partition coefficient (Wildman–Crippen LogP) is 1.96. The molecule has 0 aromatic rings. The SMILES string of the molecule is CCC(C)(CC)NCC(C)C(=O)OC. The fraction of sp³-hybridized carbons (Fsp3) is 0.909. The summed E-state index contributed by atoms with van der Waals surface area (Å²) in [6.07, 6.45) is 2.13. The van der Waals surface area contributed by atoms with Crippen molar-refractivity contribution in [2.75, 3.05) is 13.7 Å². The molecule has 0 bridgehead atoms. The third-order valence-electron chi connectivity index (χ3n) is 3.00. The average molecular weight is 201 g/mol. The molecule has 0 aromatic heterocycles. The Labute approximate surface area is 87.2 Å². The Kier molecular flexibility index (Phi) is 5.77. The molecule has 1 unspecified atom stereocenters. The minimum Gasteiger partial charge on any atom is -0.469 e. The van der Waals surface area contributed by atoms with Gasteiger partial charge in [0.05, 0.1) is 13.0 Å². The first-order valence-electron chi connectivity index (χ1n) is 5.32. The van der Waals surface area contributed by atoms with Crippen molar-refractivity contribution in [1.82, 2.24) is 5.32 Å². The van der Waals surface area contributed by atoms with E-state index in [2.05, 4.69) is 30.8 Å². The van der Waals surface area contributed by atoms with Crippen molar-refractivity contribution < 1.29 is 9.53 Å². The fourth-order valence-corrected chi connectivity index (χ4v) is 1.18. The molecular weight excluding hydrogens is 178 g/mol. The number of carbonyl (C=O) groups is 1. The van der Waals surface area contributed by atoms with Crippen LogP contribution in [0.5, 0.6) is 0 Å². The second-order valence-electron chi connectivity index (χ2n) is 4.07. The smallest absolute Gasteiger partial charge is 0.309 e. The molecule has 0 saturated carbocycles. The number of hydrogen-bond acceptors (Lipinski definition) is 3. The van der Waals surface area contributed by atoms with Gasteiger partial charge in [0.15, 0.2) is 0 Å². The maximum Gasteiger partial charge on any atom is 0.309 e. The molecule has 0 aromatic carbocycles. The second kappa shape index (κ2) is 6.02. The molecule has 3 nitrogen and oxygen atoms in total. The summed E-state index contributed by atoms with van der Waals surface area (Å²) in [6, 6.07) is 0. The molecule has 1 N–H and O–H groups in total. The van der Waals surface area contributed by atoms with Crippen LogP contribution < -0.4 is 5.32 Å². The van der Waals surface area contributed by atoms with Gasteiger partial charge in [0.25, 0.3) is 0 Å². The number of carbonyl (C=O) groups excluding carboxylic acids is 1. The zero-order valence-corrected chi connectivity index (χ0v) is 10.0. The fourth-order valence-electron chi connectivity index (χ4n) is 1.18. The van der Waals surface area contributed by atoms with E-state index in [-0.39, 0.29) is 17.4 Å². The van der Waals surface area contributed by atoms with Gasteiger partial charge in [-0.3, -0.25) is 4.79 Å². The topological polar surface area (TPSA) is 38.3 Å². The molecule has 0 aliphatic rings. The highest BCUT2D eigenvalue weighted by atomic mass is 16.5. The quantitative estimate of drug-likeness (QED) is 0.668. The first-order valence-corrected chi connectivity index (χ1v) is 5.32. The summed E-state index contributed by atoms with van der Waals surface area (Å²) < 4.78 is 4.67. The van der Waals surface area contributed by atoms with Crippen molar-refractivity contribution >= 4 is 5.97 Å². The molecule has 0 aliphatic carbocycles. The van der Waals surface area contributed by atoms with Crippen LogP contribution in [0.2, 0.25) is 0 Å². The molecule has 0 aliphatic heterocycles. The predicted molar refractivity (Wildman–Crippen MR) is 58.2 cm³/mol. The lowest BCUT2D eigenvalue weighted by molar-refractivity contribution is -0.144. The lowest BCUT2D eigenvalue weighted by atomic mass is 9.95. The summed E-state index contributed by atoms with van der Waals surface area (Å²) in [7, 11) is 1.43. The molecule has 0 heterocycles. The molecule has 0 amide bonds. The third kappa shape index (κ3) is 4.09. The molecule has 0 radical (unpaired) electrons. The van der Waals surface area contributed by atoms with Crippen LogP contribution in [0.4, 0.5) is 0 Å². The third-order valence-corrected chi connectivity index (χ3v) is 3.00. The van der Waals surface area contributed by atoms with E-state index in [4.69, 9.17) is 0 Å². The molecule has 84 valence electrons. The summed E-state index contributed by atoms with van der Waals surface area (Å²) >= 11 is 0. The lowest BCUT2D eigenvalue weighted by Gasteiger charge is -2.29. The largest absolute Gasteiger partial charge is 0.469 e. The Balaban J connectivity index is 3.97. The van der Waals surface area contributed by atoms with Crippen LogP contribution in [0.15, 0.2) is 0 Å². The highest BCUT2D eigenvalue weighted by Gasteiger charge is 2.21. The van der Waals surface area contributed by atoms with E-state index in [1.54, 1.807) is 0 Å². The maximum atomic E-state index is 11.1. The highest BCUT2D eigenvalue weighted by molar-refractivity contribution is 5.72. The minimum atomic E-state index is -0.146. The van der Waals surface area contributed by atoms with E-state index < -0.39 is 0 Å². The van der Waals surface area contributed by atoms with Crippen LogP contribution in [-0.2, 0) is 9.53 Å². The first-order chi connectivity index (χ1) is 6.49. The van der Waals surface area contributed by atoms with Gasteiger partial charge in [-0.15, -0.1) is 0 Å². The van der Waals surface area contributed by atoms with Crippen molar-refractivity contribution in [3.05, 3.63) is 0 Å². The van der Waals surface area contributed by atoms with E-state index in [9.17, 15) is 4.79 Å². The highest BCUT2D eigenvalue weighted by Crippen LogP contribution is 2.13. The van der Waals surface area contributed by atoms with E-state index in [1.165, 1.54) is 7.11 Å². The average Bonchev–Trinajstić information content (AvgIpc) is 2.24. The number of rotatable bonds is 6. The summed E-state index contributed by atoms with van der Waals surface area (Å²) in [5.74, 6) is -0.218. The van der Waals surface area contributed by atoms with Crippen LogP contribution in [0.25, 0.3) is 0 Å². The molecule has 1 atom stereocenters. The van der Waals surface area contributed by atoms with Crippen LogP contribution in [0, 0.1) is 5.92 Å². The number of methoxy groups -OCH3 is 1. The molecule has 0 fully saturated rings. The van der Waals surface area contributed by atoms with Crippen molar-refractivity contribution in [3.8, 4) is 0 Å². The molecule has 0 saturated heterocycles. The van der Waals surface area contributed by atoms with Crippen molar-refractivity contribution in [3.63, 3.8) is 0 Å². The van der Waals surface area contributed by atoms with Gasteiger partial charge < -0.3 is 10.1 Å². The maximum absolute atomic E-state index is 11.1. The Bertz CT molecular complexity index is 176. The Morgan fingerprint density at radius 2 is 1.93 bits per heavy atom. The van der Waals surface area contributed by atoms with E-state index in [0.29, 0.717) is 6.54 Å². The molecule has 3 heteroatoms. The van der Waals surface area contributed by atoms with Gasteiger partial charge in [-0.25, -0.2) is 0 Å². The normalized spacial score (nSPS) is 13.8. The molecule has 0 spiro atoms. The van der Waals surface area contributed by atoms with Gasteiger partial charge in [0.1, 0.15) is 0 Å². The molecular formula is C11H23NO2. The zero-order valence-electron chi connectivity index (χ0n) is 10.0. The van der Waals surface area contributed by atoms with Gasteiger partial charge in [0.2, 0.25) is 0 Å². The van der Waals surface area contributed by atoms with Crippen molar-refractivity contribution in [2.45, 2.75) is 46.1 Å². The number of hydrogen-bond donors (Lipinski definition) is 1. The molecule has 14 heavy (non-hydrogen) atoms. The van der Waals surface area contributed by atoms with Gasteiger partial charge in [-0.1, -0.05) is 20.8 Å². The standard InChI is InChI=1S/C11H23NO2/c1-6-11(4,7-2)12-8-9(3)10(13)14-5/h9,12H,6-8H2,1-5H3. The summed E-state index contributed by atoms with van der Waals surface area (Å²) in [5.41, 5.74) is 0.141. The minimum absolute atomic E-state index is 0.0718. The zero-order chi connectivity index (χ0) is 11.2. The number of ether oxygens (including phenoxy) is 1. The second-order valence-corrected chi connectivity index (χ2v) is 4.07. The number of esters is 1. The van der Waals surface area contributed by atoms with Gasteiger partial charge in [-0.2, -0.15) is 0 Å². The summed E-state index contributed by atoms with van der Waals surface area (Å²) in [4.78, 5) is 11.1. The summed E-state index contributed by atoms with van der Waals surface area (Å²) in [6.45, 7) is 9.05. The van der Waals surface area contributed by atoms with Crippen LogP contribution in [-0.4, -0.2) is 25.2 Å². The van der Waals surface area contributed by atoms with E-state index >= 15 is 0 Å². The lowest BCUT2D eigenvalue weighted by Crippen LogP contribution is -2.44. The van der Waals surface area contributed by atoms with E-state index in [0.717, 1.165) is 12.8 Å². The van der Waals surface area contributed by atoms with Crippen molar-refractivity contribution in [2.24, 2.45) is 5.92 Å². The summed E-state index contributed by atoms with van der Waals surface area (Å²) in [5, 5.41) is 3.41.